The molecule has 134 valence electrons. The predicted molar refractivity (Wildman–Crippen MR) is 97.9 cm³/mol. The second-order valence-corrected chi connectivity index (χ2v) is 7.71. The number of aromatic amines is 1. The molecule has 25 heavy (non-hydrogen) atoms. The quantitative estimate of drug-likeness (QED) is 0.810. The minimum atomic E-state index is 0.124. The number of hydrogen-bond acceptors (Lipinski definition) is 3. The summed E-state index contributed by atoms with van der Waals surface area (Å²) in [6.07, 6.45) is 13.7. The molecular weight excluding hydrogens is 312 g/mol. The van der Waals surface area contributed by atoms with E-state index < -0.39 is 0 Å². The molecule has 2 atom stereocenters. The van der Waals surface area contributed by atoms with Crippen LogP contribution in [0, 0.1) is 17.8 Å². The molecule has 3 heterocycles. The van der Waals surface area contributed by atoms with Crippen LogP contribution in [-0.4, -0.2) is 34.1 Å². The van der Waals surface area contributed by atoms with E-state index in [1.165, 1.54) is 19.3 Å². The number of hydrogen-bond donors (Lipinski definition) is 2. The number of likely N-dealkylation sites (tertiary alicyclic amines) is 1. The van der Waals surface area contributed by atoms with Gasteiger partial charge >= 0.3 is 0 Å². The number of amides is 1. The van der Waals surface area contributed by atoms with Crippen LogP contribution >= 0.6 is 0 Å². The van der Waals surface area contributed by atoms with Crippen LogP contribution in [0.5, 0.6) is 0 Å². The van der Waals surface area contributed by atoms with Crippen molar-refractivity contribution in [3.63, 3.8) is 0 Å². The molecule has 0 bridgehead atoms. The molecule has 3 aliphatic rings. The molecule has 4 rings (SSSR count). The minimum Gasteiger partial charge on any atom is -0.337 e. The highest BCUT2D eigenvalue weighted by molar-refractivity contribution is 5.94. The summed E-state index contributed by atoms with van der Waals surface area (Å²) in [5, 5.41) is 10.6. The van der Waals surface area contributed by atoms with Crippen LogP contribution in [0.15, 0.2) is 24.3 Å². The lowest BCUT2D eigenvalue weighted by atomic mass is 10.0. The van der Waals surface area contributed by atoms with Gasteiger partial charge in [0, 0.05) is 31.7 Å². The molecule has 5 nitrogen and oxygen atoms in total. The molecule has 0 spiro atoms. The molecular formula is C20H28N4O. The van der Waals surface area contributed by atoms with Crippen LogP contribution in [-0.2, 0) is 13.1 Å². The predicted octanol–water partition coefficient (Wildman–Crippen LogP) is 3.02. The summed E-state index contributed by atoms with van der Waals surface area (Å²) in [4.78, 5) is 14.9. The van der Waals surface area contributed by atoms with Gasteiger partial charge in [0.15, 0.2) is 5.69 Å². The van der Waals surface area contributed by atoms with Crippen LogP contribution in [0.25, 0.3) is 0 Å². The Morgan fingerprint density at radius 3 is 2.76 bits per heavy atom. The summed E-state index contributed by atoms with van der Waals surface area (Å²) in [6, 6.07) is 0. The van der Waals surface area contributed by atoms with E-state index in [0.717, 1.165) is 49.8 Å². The first kappa shape index (κ1) is 16.6. The highest BCUT2D eigenvalue weighted by Crippen LogP contribution is 2.43. The Morgan fingerprint density at radius 2 is 2.00 bits per heavy atom. The van der Waals surface area contributed by atoms with Crippen molar-refractivity contribution >= 4 is 5.91 Å². The van der Waals surface area contributed by atoms with E-state index in [1.807, 2.05) is 4.90 Å². The van der Waals surface area contributed by atoms with Crippen LogP contribution in [0.2, 0.25) is 0 Å². The van der Waals surface area contributed by atoms with Crippen molar-refractivity contribution in [1.82, 2.24) is 20.4 Å². The number of carbonyl (C=O) groups is 1. The molecule has 2 N–H and O–H groups in total. The Bertz CT molecular complexity index is 676. The van der Waals surface area contributed by atoms with Crippen molar-refractivity contribution in [3.8, 4) is 0 Å². The molecule has 2 fully saturated rings. The number of carbonyl (C=O) groups excluding carboxylic acids is 1. The molecule has 0 radical (unpaired) electrons. The Hall–Kier alpha value is -1.88. The summed E-state index contributed by atoms with van der Waals surface area (Å²) in [7, 11) is 0. The Labute approximate surface area is 149 Å². The fourth-order valence-corrected chi connectivity index (χ4v) is 4.76. The van der Waals surface area contributed by atoms with E-state index in [4.69, 9.17) is 0 Å². The molecule has 1 aromatic heterocycles. The molecule has 2 aliphatic heterocycles. The topological polar surface area (TPSA) is 61.0 Å². The summed E-state index contributed by atoms with van der Waals surface area (Å²) in [6.45, 7) is 5.45. The Kier molecular flexibility index (Phi) is 4.75. The van der Waals surface area contributed by atoms with Gasteiger partial charge in [-0.25, -0.2) is 0 Å². The molecule has 1 saturated heterocycles. The van der Waals surface area contributed by atoms with Crippen LogP contribution in [0.1, 0.15) is 54.4 Å². The summed E-state index contributed by atoms with van der Waals surface area (Å²) >= 11 is 0. The van der Waals surface area contributed by atoms with Gasteiger partial charge in [-0.15, -0.1) is 0 Å². The van der Waals surface area contributed by atoms with E-state index in [2.05, 4.69) is 46.7 Å². The van der Waals surface area contributed by atoms with Crippen LogP contribution < -0.4 is 5.32 Å². The van der Waals surface area contributed by atoms with Gasteiger partial charge in [0.05, 0.1) is 5.69 Å². The lowest BCUT2D eigenvalue weighted by Crippen LogP contribution is -2.31. The summed E-state index contributed by atoms with van der Waals surface area (Å²) in [5.41, 5.74) is 2.79. The van der Waals surface area contributed by atoms with Crippen molar-refractivity contribution in [2.24, 2.45) is 17.8 Å². The number of rotatable bonds is 5. The second-order valence-electron chi connectivity index (χ2n) is 7.71. The van der Waals surface area contributed by atoms with Gasteiger partial charge in [0.1, 0.15) is 0 Å². The van der Waals surface area contributed by atoms with Crippen molar-refractivity contribution in [2.45, 2.75) is 45.7 Å². The zero-order valence-corrected chi connectivity index (χ0v) is 15.0. The summed E-state index contributed by atoms with van der Waals surface area (Å²) < 4.78 is 0. The SMILES string of the molecule is CC=CCC=CCC1CC2CN(C(=O)c3n[nH]c4c3CNC4)CC2C1. The molecule has 1 amide bonds. The van der Waals surface area contributed by atoms with Gasteiger partial charge in [0.25, 0.3) is 5.91 Å². The molecule has 5 heteroatoms. The third-order valence-corrected chi connectivity index (χ3v) is 6.04. The molecule has 2 unspecified atom stereocenters. The number of H-pyrrole nitrogens is 1. The minimum absolute atomic E-state index is 0.124. The fraction of sp³-hybridized carbons (Fsp3) is 0.600. The molecule has 0 aromatic carbocycles. The zero-order valence-electron chi connectivity index (χ0n) is 15.0. The van der Waals surface area contributed by atoms with Gasteiger partial charge in [-0.2, -0.15) is 5.10 Å². The normalized spacial score (nSPS) is 28.4. The number of fused-ring (bicyclic) bond motifs is 2. The third-order valence-electron chi connectivity index (χ3n) is 6.04. The average Bonchev–Trinajstić information content (AvgIpc) is 3.33. The maximum absolute atomic E-state index is 12.9. The van der Waals surface area contributed by atoms with Gasteiger partial charge in [-0.3, -0.25) is 9.89 Å². The molecule has 1 aliphatic carbocycles. The van der Waals surface area contributed by atoms with Crippen LogP contribution in [0.3, 0.4) is 0 Å². The number of nitrogens with zero attached hydrogens (tertiary/aromatic N) is 2. The molecule has 1 aromatic rings. The largest absolute Gasteiger partial charge is 0.337 e. The summed E-state index contributed by atoms with van der Waals surface area (Å²) in [5.74, 6) is 2.29. The van der Waals surface area contributed by atoms with E-state index >= 15 is 0 Å². The van der Waals surface area contributed by atoms with Gasteiger partial charge < -0.3 is 10.2 Å². The smallest absolute Gasteiger partial charge is 0.274 e. The van der Waals surface area contributed by atoms with Crippen molar-refractivity contribution < 1.29 is 4.79 Å². The average molecular weight is 340 g/mol. The number of aromatic nitrogens is 2. The first-order valence-electron chi connectivity index (χ1n) is 9.58. The van der Waals surface area contributed by atoms with E-state index in [-0.39, 0.29) is 5.91 Å². The van der Waals surface area contributed by atoms with Gasteiger partial charge in [-0.1, -0.05) is 24.3 Å². The van der Waals surface area contributed by atoms with Crippen molar-refractivity contribution in [1.29, 1.82) is 0 Å². The second kappa shape index (κ2) is 7.16. The number of nitrogens with one attached hydrogen (secondary N) is 2. The van der Waals surface area contributed by atoms with Gasteiger partial charge in [0.2, 0.25) is 0 Å². The lowest BCUT2D eigenvalue weighted by Gasteiger charge is -2.18. The Morgan fingerprint density at radius 1 is 1.20 bits per heavy atom. The third kappa shape index (κ3) is 3.30. The van der Waals surface area contributed by atoms with Crippen molar-refractivity contribution in [3.05, 3.63) is 41.3 Å². The highest BCUT2D eigenvalue weighted by Gasteiger charge is 2.42. The number of allylic oxidation sites excluding steroid dienone is 4. The zero-order chi connectivity index (χ0) is 17.2. The van der Waals surface area contributed by atoms with Crippen molar-refractivity contribution in [2.75, 3.05) is 13.1 Å². The lowest BCUT2D eigenvalue weighted by molar-refractivity contribution is 0.0771. The standard InChI is InChI=1S/C20H28N4O/c1-2-3-4-5-6-7-14-8-15-12-24(13-16(15)9-14)20(25)19-17-10-21-11-18(17)22-23-19/h2-3,5-6,14-16,21H,4,7-13H2,1H3,(H,22,23). The van der Waals surface area contributed by atoms with E-state index in [0.29, 0.717) is 17.5 Å². The Balaban J connectivity index is 1.30. The monoisotopic (exact) mass is 340 g/mol. The van der Waals surface area contributed by atoms with Gasteiger partial charge in [-0.05, 0) is 50.4 Å². The molecule has 1 saturated carbocycles. The maximum Gasteiger partial charge on any atom is 0.274 e. The maximum atomic E-state index is 12.9. The first-order valence-corrected chi connectivity index (χ1v) is 9.58. The van der Waals surface area contributed by atoms with E-state index in [1.54, 1.807) is 0 Å². The fourth-order valence-electron chi connectivity index (χ4n) is 4.76. The van der Waals surface area contributed by atoms with Crippen LogP contribution in [0.4, 0.5) is 0 Å². The van der Waals surface area contributed by atoms with E-state index in [9.17, 15) is 4.79 Å². The highest BCUT2D eigenvalue weighted by atomic mass is 16.2. The first-order chi connectivity index (χ1) is 12.3.